The van der Waals surface area contributed by atoms with Crippen molar-refractivity contribution in [2.24, 2.45) is 0 Å². The van der Waals surface area contributed by atoms with E-state index in [0.717, 1.165) is 0 Å². The topological polar surface area (TPSA) is 102 Å². The van der Waals surface area contributed by atoms with Crippen molar-refractivity contribution in [2.45, 2.75) is 0 Å². The molecule has 5 aromatic rings. The van der Waals surface area contributed by atoms with E-state index < -0.39 is 5.82 Å². The number of benzene rings is 3. The molecule has 0 aliphatic rings. The van der Waals surface area contributed by atoms with Crippen LogP contribution in [-0.2, 0) is 0 Å². The fourth-order valence-electron chi connectivity index (χ4n) is 3.75. The molecule has 5 rings (SSSR count). The predicted octanol–water partition coefficient (Wildman–Crippen LogP) is 4.27. The zero-order valence-electron chi connectivity index (χ0n) is 19.0. The summed E-state index contributed by atoms with van der Waals surface area (Å²) < 4.78 is 36.4. The zero-order valence-corrected chi connectivity index (χ0v) is 19.0. The lowest BCUT2D eigenvalue weighted by atomic mass is 10.1. The third kappa shape index (κ3) is 3.84. The van der Waals surface area contributed by atoms with Crippen molar-refractivity contribution in [1.82, 2.24) is 19.9 Å². The molecular weight excluding hydrogens is 455 g/mol. The maximum absolute atomic E-state index is 13.5. The Morgan fingerprint density at radius 1 is 0.886 bits per heavy atom. The van der Waals surface area contributed by atoms with E-state index in [0.29, 0.717) is 45.0 Å². The first-order valence-corrected chi connectivity index (χ1v) is 10.5. The molecule has 10 heteroatoms. The first-order valence-electron chi connectivity index (χ1n) is 10.5. The Morgan fingerprint density at radius 3 is 2.17 bits per heavy atom. The molecule has 35 heavy (non-hydrogen) atoms. The number of fused-ring (bicyclic) bond motifs is 1. The van der Waals surface area contributed by atoms with Gasteiger partial charge in [-0.05, 0) is 42.5 Å². The van der Waals surface area contributed by atoms with E-state index in [-0.39, 0.29) is 17.3 Å². The first-order chi connectivity index (χ1) is 17.0. The van der Waals surface area contributed by atoms with Gasteiger partial charge in [-0.15, -0.1) is 0 Å². The standard InChI is InChI=1S/C25H19FN4O5/c1-32-19-12-14(13-20(33-2)22(19)34-3)23-27-24(35-29-23)21-17-6-4-5-7-18(17)25(31)30(28-21)16-10-8-15(26)9-11-16/h4-13H,1-3H3. The van der Waals surface area contributed by atoms with Gasteiger partial charge in [0.1, 0.15) is 5.82 Å². The Labute approximate surface area is 198 Å². The van der Waals surface area contributed by atoms with Gasteiger partial charge < -0.3 is 18.7 Å². The van der Waals surface area contributed by atoms with Crippen molar-refractivity contribution in [3.8, 4) is 45.9 Å². The molecule has 0 radical (unpaired) electrons. The third-order valence-electron chi connectivity index (χ3n) is 5.43. The van der Waals surface area contributed by atoms with Crippen LogP contribution in [0.4, 0.5) is 4.39 Å². The minimum absolute atomic E-state index is 0.0980. The lowest BCUT2D eigenvalue weighted by Gasteiger charge is -2.12. The molecule has 0 saturated heterocycles. The Hall–Kier alpha value is -4.73. The molecule has 0 N–H and O–H groups in total. The van der Waals surface area contributed by atoms with E-state index in [1.54, 1.807) is 36.4 Å². The number of aromatic nitrogens is 4. The second-order valence-corrected chi connectivity index (χ2v) is 7.42. The third-order valence-corrected chi connectivity index (χ3v) is 5.43. The van der Waals surface area contributed by atoms with Gasteiger partial charge >= 0.3 is 0 Å². The molecule has 176 valence electrons. The van der Waals surface area contributed by atoms with Crippen molar-refractivity contribution in [1.29, 1.82) is 0 Å². The number of halogens is 1. The van der Waals surface area contributed by atoms with Gasteiger partial charge in [0.2, 0.25) is 11.6 Å². The highest BCUT2D eigenvalue weighted by Gasteiger charge is 2.21. The molecule has 0 saturated carbocycles. The van der Waals surface area contributed by atoms with E-state index in [9.17, 15) is 9.18 Å². The van der Waals surface area contributed by atoms with E-state index in [2.05, 4.69) is 15.2 Å². The van der Waals surface area contributed by atoms with E-state index >= 15 is 0 Å². The average Bonchev–Trinajstić information content (AvgIpc) is 3.39. The summed E-state index contributed by atoms with van der Waals surface area (Å²) in [6.07, 6.45) is 0. The first kappa shape index (κ1) is 22.1. The van der Waals surface area contributed by atoms with Crippen LogP contribution in [0.1, 0.15) is 0 Å². The van der Waals surface area contributed by atoms with Crippen LogP contribution >= 0.6 is 0 Å². The predicted molar refractivity (Wildman–Crippen MR) is 126 cm³/mol. The number of hydrogen-bond acceptors (Lipinski definition) is 8. The van der Waals surface area contributed by atoms with Gasteiger partial charge in [-0.3, -0.25) is 4.79 Å². The Bertz CT molecular complexity index is 1570. The Balaban J connectivity index is 1.68. The van der Waals surface area contributed by atoms with Crippen LogP contribution in [0, 0.1) is 5.82 Å². The van der Waals surface area contributed by atoms with Gasteiger partial charge in [0.15, 0.2) is 17.2 Å². The quantitative estimate of drug-likeness (QED) is 0.360. The lowest BCUT2D eigenvalue weighted by molar-refractivity contribution is 0.324. The Morgan fingerprint density at radius 2 is 1.54 bits per heavy atom. The molecule has 0 aliphatic carbocycles. The molecule has 0 atom stereocenters. The number of rotatable bonds is 6. The number of methoxy groups -OCH3 is 3. The molecule has 9 nitrogen and oxygen atoms in total. The normalized spacial score (nSPS) is 11.0. The van der Waals surface area contributed by atoms with Crippen LogP contribution in [0.3, 0.4) is 0 Å². The molecule has 2 aromatic heterocycles. The molecule has 0 spiro atoms. The number of ether oxygens (including phenoxy) is 3. The minimum Gasteiger partial charge on any atom is -0.493 e. The molecule has 0 fully saturated rings. The van der Waals surface area contributed by atoms with E-state index in [1.165, 1.54) is 50.3 Å². The van der Waals surface area contributed by atoms with Crippen LogP contribution < -0.4 is 19.8 Å². The van der Waals surface area contributed by atoms with Crippen molar-refractivity contribution < 1.29 is 23.1 Å². The summed E-state index contributed by atoms with van der Waals surface area (Å²) in [5.41, 5.74) is 0.898. The summed E-state index contributed by atoms with van der Waals surface area (Å²) >= 11 is 0. The molecule has 0 unspecified atom stereocenters. The van der Waals surface area contributed by atoms with Gasteiger partial charge in [-0.1, -0.05) is 23.4 Å². The zero-order chi connectivity index (χ0) is 24.5. The van der Waals surface area contributed by atoms with Gasteiger partial charge in [-0.2, -0.15) is 14.8 Å². The van der Waals surface area contributed by atoms with Crippen LogP contribution in [-0.4, -0.2) is 41.3 Å². The highest BCUT2D eigenvalue weighted by atomic mass is 19.1. The summed E-state index contributed by atoms with van der Waals surface area (Å²) in [6, 6.07) is 15.8. The van der Waals surface area contributed by atoms with Crippen LogP contribution in [0.25, 0.3) is 39.4 Å². The summed E-state index contributed by atoms with van der Waals surface area (Å²) in [4.78, 5) is 17.6. The number of hydrogen-bond donors (Lipinski definition) is 0. The minimum atomic E-state index is -0.422. The van der Waals surface area contributed by atoms with Gasteiger partial charge in [0.25, 0.3) is 11.4 Å². The summed E-state index contributed by atoms with van der Waals surface area (Å²) in [5.74, 6) is 1.23. The second kappa shape index (κ2) is 8.90. The molecule has 0 bridgehead atoms. The van der Waals surface area contributed by atoms with Gasteiger partial charge in [-0.25, -0.2) is 4.39 Å². The number of nitrogens with zero attached hydrogens (tertiary/aromatic N) is 4. The summed E-state index contributed by atoms with van der Waals surface area (Å²) in [6.45, 7) is 0. The summed E-state index contributed by atoms with van der Waals surface area (Å²) in [5, 5.41) is 9.52. The smallest absolute Gasteiger partial charge is 0.279 e. The molecular formula is C25H19FN4O5. The maximum Gasteiger partial charge on any atom is 0.279 e. The highest BCUT2D eigenvalue weighted by Crippen LogP contribution is 2.41. The van der Waals surface area contributed by atoms with Crippen LogP contribution in [0.5, 0.6) is 17.2 Å². The van der Waals surface area contributed by atoms with Crippen LogP contribution in [0.2, 0.25) is 0 Å². The fraction of sp³-hybridized carbons (Fsp3) is 0.120. The molecule has 2 heterocycles. The monoisotopic (exact) mass is 474 g/mol. The van der Waals surface area contributed by atoms with Gasteiger partial charge in [0.05, 0.1) is 32.4 Å². The fourth-order valence-corrected chi connectivity index (χ4v) is 3.75. The molecule has 0 amide bonds. The van der Waals surface area contributed by atoms with E-state index in [1.807, 2.05) is 0 Å². The van der Waals surface area contributed by atoms with E-state index in [4.69, 9.17) is 18.7 Å². The van der Waals surface area contributed by atoms with Crippen LogP contribution in [0.15, 0.2) is 70.0 Å². The second-order valence-electron chi connectivity index (χ2n) is 7.42. The Kier molecular flexibility index (Phi) is 5.61. The van der Waals surface area contributed by atoms with Crippen molar-refractivity contribution in [3.05, 3.63) is 76.8 Å². The SMILES string of the molecule is COc1cc(-c2noc(-c3nn(-c4ccc(F)cc4)c(=O)c4ccccc34)n2)cc(OC)c1OC. The van der Waals surface area contributed by atoms with Crippen molar-refractivity contribution >= 4 is 10.8 Å². The molecule has 3 aromatic carbocycles. The summed E-state index contributed by atoms with van der Waals surface area (Å²) in [7, 11) is 4.54. The lowest BCUT2D eigenvalue weighted by Crippen LogP contribution is -2.22. The largest absolute Gasteiger partial charge is 0.493 e. The average molecular weight is 474 g/mol. The van der Waals surface area contributed by atoms with Crippen molar-refractivity contribution in [3.63, 3.8) is 0 Å². The maximum atomic E-state index is 13.5. The highest BCUT2D eigenvalue weighted by molar-refractivity contribution is 5.92. The van der Waals surface area contributed by atoms with Gasteiger partial charge in [0, 0.05) is 10.9 Å². The molecule has 0 aliphatic heterocycles. The van der Waals surface area contributed by atoms with Crippen molar-refractivity contribution in [2.75, 3.05) is 21.3 Å².